The van der Waals surface area contributed by atoms with Crippen molar-refractivity contribution in [1.29, 1.82) is 0 Å². The highest BCUT2D eigenvalue weighted by atomic mass is 32.1. The third-order valence-corrected chi connectivity index (χ3v) is 3.43. The lowest BCUT2D eigenvalue weighted by Crippen LogP contribution is -2.01. The summed E-state index contributed by atoms with van der Waals surface area (Å²) >= 11 is 5.31. The molecule has 0 amide bonds. The fourth-order valence-corrected chi connectivity index (χ4v) is 2.41. The molecule has 0 fully saturated rings. The Morgan fingerprint density at radius 1 is 1.05 bits per heavy atom. The van der Waals surface area contributed by atoms with Crippen LogP contribution in [0.1, 0.15) is 0 Å². The van der Waals surface area contributed by atoms with E-state index < -0.39 is 4.92 Å². The highest BCUT2D eigenvalue weighted by molar-refractivity contribution is 7.71. The summed E-state index contributed by atoms with van der Waals surface area (Å²) in [5.74, 6) is 0. The van der Waals surface area contributed by atoms with Gasteiger partial charge in [0.1, 0.15) is 10.3 Å². The van der Waals surface area contributed by atoms with Gasteiger partial charge in [-0.05, 0) is 11.6 Å². The van der Waals surface area contributed by atoms with E-state index in [-0.39, 0.29) is 5.69 Å². The number of hydrogen-bond donors (Lipinski definition) is 1. The van der Waals surface area contributed by atoms with Gasteiger partial charge < -0.3 is 0 Å². The Balaban J connectivity index is 2.16. The Kier molecular flexibility index (Phi) is 3.37. The number of aromatic amines is 1. The molecule has 104 valence electrons. The Labute approximate surface area is 125 Å². The number of nitro groups is 1. The Bertz CT molecular complexity index is 853. The van der Waals surface area contributed by atoms with Crippen LogP contribution < -0.4 is 0 Å². The SMILES string of the molecule is O=[N+]([O-])c1ccccc1-n1[nH]c(-c2ccccc2)cc1=S. The first-order valence-corrected chi connectivity index (χ1v) is 6.69. The number of nitrogens with one attached hydrogen (secondary N) is 1. The molecule has 6 heteroatoms. The minimum absolute atomic E-state index is 0.00932. The summed E-state index contributed by atoms with van der Waals surface area (Å²) in [7, 11) is 0. The second-order valence-corrected chi connectivity index (χ2v) is 4.87. The Morgan fingerprint density at radius 2 is 1.71 bits per heavy atom. The lowest BCUT2D eigenvalue weighted by Gasteiger charge is -2.04. The van der Waals surface area contributed by atoms with E-state index in [1.807, 2.05) is 30.3 Å². The van der Waals surface area contributed by atoms with E-state index in [1.54, 1.807) is 28.9 Å². The van der Waals surface area contributed by atoms with Gasteiger partial charge in [-0.15, -0.1) is 0 Å². The van der Waals surface area contributed by atoms with E-state index >= 15 is 0 Å². The van der Waals surface area contributed by atoms with Crippen LogP contribution in [0.4, 0.5) is 5.69 Å². The molecule has 1 N–H and O–H groups in total. The molecule has 0 unspecified atom stereocenters. The first-order chi connectivity index (χ1) is 10.2. The summed E-state index contributed by atoms with van der Waals surface area (Å²) in [4.78, 5) is 10.7. The summed E-state index contributed by atoms with van der Waals surface area (Å²) in [6, 6.07) is 18.0. The highest BCUT2D eigenvalue weighted by Gasteiger charge is 2.15. The zero-order valence-electron chi connectivity index (χ0n) is 10.9. The minimum atomic E-state index is -0.417. The lowest BCUT2D eigenvalue weighted by molar-refractivity contribution is -0.384. The number of rotatable bonds is 3. The molecule has 0 saturated heterocycles. The maximum absolute atomic E-state index is 11.1. The number of hydrogen-bond acceptors (Lipinski definition) is 3. The molecule has 0 spiro atoms. The second kappa shape index (κ2) is 5.34. The average Bonchev–Trinajstić information content (AvgIpc) is 2.90. The predicted octanol–water partition coefficient (Wildman–Crippen LogP) is 4.11. The van der Waals surface area contributed by atoms with Gasteiger partial charge in [-0.3, -0.25) is 15.2 Å². The zero-order chi connectivity index (χ0) is 14.8. The second-order valence-electron chi connectivity index (χ2n) is 4.46. The van der Waals surface area contributed by atoms with Crippen molar-refractivity contribution in [3.8, 4) is 16.9 Å². The molecule has 5 nitrogen and oxygen atoms in total. The normalized spacial score (nSPS) is 10.5. The van der Waals surface area contributed by atoms with Gasteiger partial charge in [-0.1, -0.05) is 54.7 Å². The number of benzene rings is 2. The third kappa shape index (κ3) is 2.48. The molecule has 3 aromatic rings. The first kappa shape index (κ1) is 13.3. The van der Waals surface area contributed by atoms with Crippen molar-refractivity contribution >= 4 is 17.9 Å². The van der Waals surface area contributed by atoms with E-state index in [1.165, 1.54) is 6.07 Å². The molecule has 0 saturated carbocycles. The molecule has 2 aromatic carbocycles. The fraction of sp³-hybridized carbons (Fsp3) is 0. The number of aromatic nitrogens is 2. The van der Waals surface area contributed by atoms with Gasteiger partial charge in [0.25, 0.3) is 5.69 Å². The van der Waals surface area contributed by atoms with Crippen LogP contribution in [-0.2, 0) is 0 Å². The van der Waals surface area contributed by atoms with E-state index in [2.05, 4.69) is 5.10 Å². The maximum atomic E-state index is 11.1. The van der Waals surface area contributed by atoms with E-state index in [0.717, 1.165) is 11.3 Å². The topological polar surface area (TPSA) is 63.9 Å². The van der Waals surface area contributed by atoms with Crippen LogP contribution in [0, 0.1) is 14.8 Å². The molecular weight excluding hydrogens is 286 g/mol. The molecule has 0 aliphatic heterocycles. The highest BCUT2D eigenvalue weighted by Crippen LogP contribution is 2.25. The van der Waals surface area contributed by atoms with Gasteiger partial charge in [0.15, 0.2) is 0 Å². The number of nitrogens with zero attached hydrogens (tertiary/aromatic N) is 2. The van der Waals surface area contributed by atoms with Gasteiger partial charge in [-0.25, -0.2) is 4.68 Å². The quantitative estimate of drug-likeness (QED) is 0.449. The molecule has 1 heterocycles. The standard InChI is InChI=1S/C15H11N3O2S/c19-18(20)14-9-5-4-8-13(14)17-15(21)10-12(16-17)11-6-2-1-3-7-11/h1-10,16H. The van der Waals surface area contributed by atoms with Crippen molar-refractivity contribution in [2.24, 2.45) is 0 Å². The lowest BCUT2D eigenvalue weighted by atomic mass is 10.2. The Hall–Kier alpha value is -2.73. The van der Waals surface area contributed by atoms with Crippen molar-refractivity contribution in [3.63, 3.8) is 0 Å². The summed E-state index contributed by atoms with van der Waals surface area (Å²) in [5.41, 5.74) is 2.23. The van der Waals surface area contributed by atoms with Crippen molar-refractivity contribution < 1.29 is 4.92 Å². The molecule has 0 atom stereocenters. The van der Waals surface area contributed by atoms with E-state index in [0.29, 0.717) is 10.3 Å². The van der Waals surface area contributed by atoms with Crippen LogP contribution in [0.5, 0.6) is 0 Å². The summed E-state index contributed by atoms with van der Waals surface area (Å²) < 4.78 is 2.04. The number of nitro benzene ring substituents is 1. The Morgan fingerprint density at radius 3 is 2.43 bits per heavy atom. The molecule has 0 aliphatic rings. The average molecular weight is 297 g/mol. The first-order valence-electron chi connectivity index (χ1n) is 6.28. The molecule has 0 radical (unpaired) electrons. The van der Waals surface area contributed by atoms with E-state index in [9.17, 15) is 10.1 Å². The summed E-state index contributed by atoms with van der Waals surface area (Å²) in [5, 5.41) is 14.2. The fourth-order valence-electron chi connectivity index (χ4n) is 2.15. The number of H-pyrrole nitrogens is 1. The van der Waals surface area contributed by atoms with Crippen molar-refractivity contribution in [2.45, 2.75) is 0 Å². The molecule has 1 aromatic heterocycles. The molecule has 21 heavy (non-hydrogen) atoms. The third-order valence-electron chi connectivity index (χ3n) is 3.12. The minimum Gasteiger partial charge on any atom is -0.292 e. The van der Waals surface area contributed by atoms with Crippen LogP contribution in [-0.4, -0.2) is 14.7 Å². The van der Waals surface area contributed by atoms with Gasteiger partial charge in [-0.2, -0.15) is 0 Å². The van der Waals surface area contributed by atoms with Gasteiger partial charge in [0, 0.05) is 12.1 Å². The van der Waals surface area contributed by atoms with Crippen molar-refractivity contribution in [3.05, 3.63) is 75.4 Å². The monoisotopic (exact) mass is 297 g/mol. The van der Waals surface area contributed by atoms with Crippen molar-refractivity contribution in [1.82, 2.24) is 9.78 Å². The largest absolute Gasteiger partial charge is 0.294 e. The van der Waals surface area contributed by atoms with E-state index in [4.69, 9.17) is 12.2 Å². The smallest absolute Gasteiger partial charge is 0.292 e. The zero-order valence-corrected chi connectivity index (χ0v) is 11.7. The molecule has 0 bridgehead atoms. The summed E-state index contributed by atoms with van der Waals surface area (Å²) in [6.07, 6.45) is 0. The van der Waals surface area contributed by atoms with Crippen LogP contribution in [0.3, 0.4) is 0 Å². The van der Waals surface area contributed by atoms with Crippen LogP contribution >= 0.6 is 12.2 Å². The maximum Gasteiger partial charge on any atom is 0.294 e. The van der Waals surface area contributed by atoms with Gasteiger partial charge in [0.2, 0.25) is 0 Å². The molecule has 3 rings (SSSR count). The molecule has 0 aliphatic carbocycles. The molecular formula is C15H11N3O2S. The van der Waals surface area contributed by atoms with Crippen LogP contribution in [0.15, 0.2) is 60.7 Å². The van der Waals surface area contributed by atoms with Crippen molar-refractivity contribution in [2.75, 3.05) is 0 Å². The number of para-hydroxylation sites is 2. The van der Waals surface area contributed by atoms with Gasteiger partial charge >= 0.3 is 0 Å². The van der Waals surface area contributed by atoms with Crippen LogP contribution in [0.2, 0.25) is 0 Å². The van der Waals surface area contributed by atoms with Crippen LogP contribution in [0.25, 0.3) is 16.9 Å². The summed E-state index contributed by atoms with van der Waals surface area (Å²) in [6.45, 7) is 0. The van der Waals surface area contributed by atoms with Gasteiger partial charge in [0.05, 0.1) is 10.6 Å². The predicted molar refractivity (Wildman–Crippen MR) is 83.0 cm³/mol.